The number of hydrogen-bond acceptors (Lipinski definition) is 7. The van der Waals surface area contributed by atoms with E-state index in [1.807, 2.05) is 0 Å². The fraction of sp³-hybridized carbons (Fsp3) is 0.750. The highest BCUT2D eigenvalue weighted by Crippen LogP contribution is 2.31. The highest BCUT2D eigenvalue weighted by molar-refractivity contribution is 5.33. The van der Waals surface area contributed by atoms with E-state index in [4.69, 9.17) is 15.2 Å². The smallest absolute Gasteiger partial charge is 0.324 e. The summed E-state index contributed by atoms with van der Waals surface area (Å²) in [5.41, 5.74) is 6.03. The average molecular weight is 267 g/mol. The molecule has 7 nitrogen and oxygen atoms in total. The van der Waals surface area contributed by atoms with E-state index < -0.39 is 0 Å². The van der Waals surface area contributed by atoms with E-state index in [-0.39, 0.29) is 17.4 Å². The molecule has 0 bridgehead atoms. The molecule has 1 aromatic rings. The van der Waals surface area contributed by atoms with Gasteiger partial charge >= 0.3 is 12.0 Å². The summed E-state index contributed by atoms with van der Waals surface area (Å²) in [5, 5.41) is 0. The number of methoxy groups -OCH3 is 2. The van der Waals surface area contributed by atoms with Crippen LogP contribution in [0.15, 0.2) is 0 Å². The first-order chi connectivity index (χ1) is 9.10. The molecule has 1 fully saturated rings. The van der Waals surface area contributed by atoms with Crippen molar-refractivity contribution in [1.29, 1.82) is 0 Å². The van der Waals surface area contributed by atoms with Crippen molar-refractivity contribution < 1.29 is 9.47 Å². The minimum atomic E-state index is 0.220. The number of anilines is 1. The zero-order valence-corrected chi connectivity index (χ0v) is 11.7. The van der Waals surface area contributed by atoms with Crippen LogP contribution >= 0.6 is 0 Å². The Balaban J connectivity index is 2.14. The van der Waals surface area contributed by atoms with Crippen LogP contribution in [0.1, 0.15) is 19.8 Å². The summed E-state index contributed by atoms with van der Waals surface area (Å²) in [7, 11) is 3.06. The lowest BCUT2D eigenvalue weighted by Gasteiger charge is -2.38. The fourth-order valence-electron chi connectivity index (χ4n) is 2.10. The summed E-state index contributed by atoms with van der Waals surface area (Å²) in [6.45, 7) is 4.69. The predicted octanol–water partition coefficient (Wildman–Crippen LogP) is 0.454. The molecule has 2 rings (SSSR count). The van der Waals surface area contributed by atoms with E-state index >= 15 is 0 Å². The Kier molecular flexibility index (Phi) is 4.04. The van der Waals surface area contributed by atoms with E-state index in [0.717, 1.165) is 25.9 Å². The maximum Gasteiger partial charge on any atom is 0.324 e. The molecule has 7 heteroatoms. The van der Waals surface area contributed by atoms with Gasteiger partial charge in [-0.2, -0.15) is 9.97 Å². The summed E-state index contributed by atoms with van der Waals surface area (Å²) < 4.78 is 10.1. The Morgan fingerprint density at radius 3 is 2.05 bits per heavy atom. The van der Waals surface area contributed by atoms with Crippen LogP contribution in [0.25, 0.3) is 0 Å². The summed E-state index contributed by atoms with van der Waals surface area (Å²) in [6.07, 6.45) is 2.06. The molecule has 0 unspecified atom stereocenters. The van der Waals surface area contributed by atoms with Crippen molar-refractivity contribution in [3.8, 4) is 12.0 Å². The van der Waals surface area contributed by atoms with Gasteiger partial charge in [-0.15, -0.1) is 4.98 Å². The molecular weight excluding hydrogens is 246 g/mol. The van der Waals surface area contributed by atoms with Gasteiger partial charge in [0.1, 0.15) is 0 Å². The second kappa shape index (κ2) is 5.56. The van der Waals surface area contributed by atoms with Gasteiger partial charge in [-0.1, -0.05) is 6.92 Å². The van der Waals surface area contributed by atoms with E-state index in [0.29, 0.717) is 12.5 Å². The molecule has 19 heavy (non-hydrogen) atoms. The SMILES string of the molecule is COc1nc(OC)nc(N2CCC(C)(CN)CC2)n1. The summed E-state index contributed by atoms with van der Waals surface area (Å²) >= 11 is 0. The van der Waals surface area contributed by atoms with Gasteiger partial charge in [-0.3, -0.25) is 0 Å². The third-order valence-corrected chi connectivity index (χ3v) is 3.69. The van der Waals surface area contributed by atoms with Crippen LogP contribution < -0.4 is 20.1 Å². The third kappa shape index (κ3) is 3.04. The van der Waals surface area contributed by atoms with Crippen LogP contribution in [0, 0.1) is 5.41 Å². The van der Waals surface area contributed by atoms with E-state index in [1.54, 1.807) is 0 Å². The summed E-state index contributed by atoms with van der Waals surface area (Å²) in [5.74, 6) is 0.600. The number of nitrogens with zero attached hydrogens (tertiary/aromatic N) is 4. The first-order valence-corrected chi connectivity index (χ1v) is 6.39. The van der Waals surface area contributed by atoms with Gasteiger partial charge in [0.05, 0.1) is 14.2 Å². The lowest BCUT2D eigenvalue weighted by atomic mass is 9.81. The lowest BCUT2D eigenvalue weighted by molar-refractivity contribution is 0.256. The van der Waals surface area contributed by atoms with Crippen LogP contribution in [0.4, 0.5) is 5.95 Å². The van der Waals surface area contributed by atoms with Gasteiger partial charge in [0.25, 0.3) is 0 Å². The van der Waals surface area contributed by atoms with Gasteiger partial charge in [0, 0.05) is 13.1 Å². The molecule has 0 aromatic carbocycles. The van der Waals surface area contributed by atoms with Crippen molar-refractivity contribution in [2.24, 2.45) is 11.1 Å². The molecule has 1 aromatic heterocycles. The van der Waals surface area contributed by atoms with Gasteiger partial charge in [0.15, 0.2) is 0 Å². The summed E-state index contributed by atoms with van der Waals surface area (Å²) in [4.78, 5) is 14.6. The molecule has 0 atom stereocenters. The molecule has 1 saturated heterocycles. The largest absolute Gasteiger partial charge is 0.467 e. The molecular formula is C12H21N5O2. The number of hydrogen-bond donors (Lipinski definition) is 1. The Bertz CT molecular complexity index is 410. The van der Waals surface area contributed by atoms with Crippen LogP contribution in [-0.2, 0) is 0 Å². The Labute approximate surface area is 113 Å². The quantitative estimate of drug-likeness (QED) is 0.847. The van der Waals surface area contributed by atoms with Crippen molar-refractivity contribution in [3.05, 3.63) is 0 Å². The highest BCUT2D eigenvalue weighted by atomic mass is 16.5. The normalized spacial score (nSPS) is 18.2. The van der Waals surface area contributed by atoms with Crippen molar-refractivity contribution in [1.82, 2.24) is 15.0 Å². The predicted molar refractivity (Wildman–Crippen MR) is 71.5 cm³/mol. The number of nitrogens with two attached hydrogens (primary N) is 1. The number of rotatable bonds is 4. The van der Waals surface area contributed by atoms with Crippen LogP contribution in [0.2, 0.25) is 0 Å². The Morgan fingerprint density at radius 2 is 1.63 bits per heavy atom. The zero-order chi connectivity index (χ0) is 13.9. The first kappa shape index (κ1) is 13.8. The molecule has 0 saturated carbocycles. The molecule has 1 aliphatic heterocycles. The van der Waals surface area contributed by atoms with Gasteiger partial charge in [0.2, 0.25) is 5.95 Å². The molecule has 0 amide bonds. The third-order valence-electron chi connectivity index (χ3n) is 3.69. The van der Waals surface area contributed by atoms with E-state index in [2.05, 4.69) is 26.8 Å². The Hall–Kier alpha value is -1.63. The standard InChI is InChI=1S/C12H21N5O2/c1-12(8-13)4-6-17(7-5-12)9-14-10(18-2)16-11(15-9)19-3/h4-8,13H2,1-3H3. The molecule has 0 spiro atoms. The number of piperidine rings is 1. The van der Waals surface area contributed by atoms with Crippen molar-refractivity contribution >= 4 is 5.95 Å². The summed E-state index contributed by atoms with van der Waals surface area (Å²) in [6, 6.07) is 0.544. The maximum absolute atomic E-state index is 5.81. The monoisotopic (exact) mass is 267 g/mol. The highest BCUT2D eigenvalue weighted by Gasteiger charge is 2.30. The van der Waals surface area contributed by atoms with Crippen LogP contribution in [-0.4, -0.2) is 48.8 Å². The van der Waals surface area contributed by atoms with Crippen molar-refractivity contribution in [2.45, 2.75) is 19.8 Å². The average Bonchev–Trinajstić information content (AvgIpc) is 2.47. The van der Waals surface area contributed by atoms with E-state index in [9.17, 15) is 0 Å². The molecule has 0 radical (unpaired) electrons. The molecule has 2 N–H and O–H groups in total. The minimum absolute atomic E-state index is 0.220. The van der Waals surface area contributed by atoms with Crippen LogP contribution in [0.5, 0.6) is 12.0 Å². The minimum Gasteiger partial charge on any atom is -0.467 e. The topological polar surface area (TPSA) is 86.4 Å². The van der Waals surface area contributed by atoms with Gasteiger partial charge < -0.3 is 20.1 Å². The number of aromatic nitrogens is 3. The maximum atomic E-state index is 5.81. The molecule has 106 valence electrons. The zero-order valence-electron chi connectivity index (χ0n) is 11.7. The van der Waals surface area contributed by atoms with Crippen molar-refractivity contribution in [3.63, 3.8) is 0 Å². The van der Waals surface area contributed by atoms with Gasteiger partial charge in [-0.05, 0) is 24.8 Å². The molecule has 0 aliphatic carbocycles. The Morgan fingerprint density at radius 1 is 1.11 bits per heavy atom. The first-order valence-electron chi connectivity index (χ1n) is 6.39. The second-order valence-electron chi connectivity index (χ2n) is 5.11. The fourth-order valence-corrected chi connectivity index (χ4v) is 2.10. The van der Waals surface area contributed by atoms with E-state index in [1.165, 1.54) is 14.2 Å². The lowest BCUT2D eigenvalue weighted by Crippen LogP contribution is -2.43. The van der Waals surface area contributed by atoms with Crippen LogP contribution in [0.3, 0.4) is 0 Å². The molecule has 1 aliphatic rings. The number of ether oxygens (including phenoxy) is 2. The van der Waals surface area contributed by atoms with Crippen molar-refractivity contribution in [2.75, 3.05) is 38.8 Å². The second-order valence-corrected chi connectivity index (χ2v) is 5.11. The van der Waals surface area contributed by atoms with Gasteiger partial charge in [-0.25, -0.2) is 0 Å². The molecule has 2 heterocycles.